The molecular formula is C34H23BrN2O5. The summed E-state index contributed by atoms with van der Waals surface area (Å²) in [4.78, 5) is 46.1. The Morgan fingerprint density at radius 3 is 2.45 bits per heavy atom. The highest BCUT2D eigenvalue weighted by Gasteiger charge is 2.70. The molecule has 4 heterocycles. The second-order valence-electron chi connectivity index (χ2n) is 10.9. The lowest BCUT2D eigenvalue weighted by Gasteiger charge is -2.37. The van der Waals surface area contributed by atoms with E-state index in [1.807, 2.05) is 77.7 Å². The zero-order valence-electron chi connectivity index (χ0n) is 22.1. The van der Waals surface area contributed by atoms with Crippen LogP contribution in [0.15, 0.2) is 102 Å². The molecule has 4 atom stereocenters. The lowest BCUT2D eigenvalue weighted by atomic mass is 9.64. The number of Topliss-reactive ketones (excluding diaryl/α,β-unsaturated/α-hetero) is 2. The number of benzene rings is 4. The summed E-state index contributed by atoms with van der Waals surface area (Å²) in [5.41, 5.74) is 2.52. The Labute approximate surface area is 249 Å². The molecule has 8 rings (SSSR count). The van der Waals surface area contributed by atoms with Crippen LogP contribution in [0.5, 0.6) is 11.5 Å². The van der Waals surface area contributed by atoms with Crippen LogP contribution in [0.3, 0.4) is 0 Å². The van der Waals surface area contributed by atoms with E-state index in [1.165, 1.54) is 0 Å². The Bertz CT molecular complexity index is 1850. The number of anilines is 2. The van der Waals surface area contributed by atoms with Gasteiger partial charge >= 0.3 is 0 Å². The van der Waals surface area contributed by atoms with E-state index in [0.717, 1.165) is 15.7 Å². The van der Waals surface area contributed by atoms with Crippen LogP contribution < -0.4 is 19.7 Å². The first-order valence-corrected chi connectivity index (χ1v) is 14.5. The highest BCUT2D eigenvalue weighted by atomic mass is 79.9. The molecule has 0 bridgehead atoms. The molecule has 4 aliphatic heterocycles. The zero-order valence-corrected chi connectivity index (χ0v) is 23.7. The first-order chi connectivity index (χ1) is 20.5. The van der Waals surface area contributed by atoms with Crippen LogP contribution in [0, 0.1) is 5.92 Å². The van der Waals surface area contributed by atoms with Gasteiger partial charge in [-0.25, -0.2) is 0 Å². The summed E-state index contributed by atoms with van der Waals surface area (Å²) in [6.07, 6.45) is 3.96. The summed E-state index contributed by atoms with van der Waals surface area (Å²) < 4.78 is 11.9. The van der Waals surface area contributed by atoms with Gasteiger partial charge in [0.2, 0.25) is 12.7 Å². The number of halogens is 1. The second kappa shape index (κ2) is 9.16. The van der Waals surface area contributed by atoms with Gasteiger partial charge in [0, 0.05) is 27.0 Å². The van der Waals surface area contributed by atoms with Crippen LogP contribution in [0.25, 0.3) is 6.08 Å². The molecule has 0 unspecified atom stereocenters. The number of hydrogen-bond donors (Lipinski definition) is 1. The first kappa shape index (κ1) is 25.1. The van der Waals surface area contributed by atoms with Gasteiger partial charge in [-0.1, -0.05) is 76.6 Å². The number of ketones is 2. The molecule has 0 aliphatic carbocycles. The van der Waals surface area contributed by atoms with Gasteiger partial charge in [-0.05, 0) is 53.6 Å². The molecule has 4 aliphatic rings. The van der Waals surface area contributed by atoms with Crippen LogP contribution in [-0.2, 0) is 10.2 Å². The summed E-state index contributed by atoms with van der Waals surface area (Å²) in [6.45, 7) is 0.0677. The zero-order chi connectivity index (χ0) is 28.6. The van der Waals surface area contributed by atoms with Crippen LogP contribution in [0.2, 0.25) is 0 Å². The van der Waals surface area contributed by atoms with Gasteiger partial charge in [-0.2, -0.15) is 0 Å². The molecule has 0 aromatic heterocycles. The van der Waals surface area contributed by atoms with Crippen molar-refractivity contribution < 1.29 is 23.9 Å². The topological polar surface area (TPSA) is 84.9 Å². The van der Waals surface area contributed by atoms with Crippen LogP contribution >= 0.6 is 15.9 Å². The van der Waals surface area contributed by atoms with Crippen molar-refractivity contribution in [3.63, 3.8) is 0 Å². The number of hydrogen-bond acceptors (Lipinski definition) is 6. The van der Waals surface area contributed by atoms with Gasteiger partial charge in [0.1, 0.15) is 11.5 Å². The van der Waals surface area contributed by atoms with Crippen molar-refractivity contribution in [2.24, 2.45) is 5.92 Å². The monoisotopic (exact) mass is 618 g/mol. The fourth-order valence-electron chi connectivity index (χ4n) is 7.13. The highest BCUT2D eigenvalue weighted by molar-refractivity contribution is 9.10. The summed E-state index contributed by atoms with van der Waals surface area (Å²) in [5, 5.41) is 3.06. The van der Waals surface area contributed by atoms with Crippen molar-refractivity contribution in [2.45, 2.75) is 17.5 Å². The molecule has 42 heavy (non-hydrogen) atoms. The van der Waals surface area contributed by atoms with Gasteiger partial charge in [-0.3, -0.25) is 14.4 Å². The maximum Gasteiger partial charge on any atom is 0.238 e. The number of carbonyl (C=O) groups excluding carboxylic acids is 3. The average Bonchev–Trinajstić information content (AvgIpc) is 3.70. The minimum absolute atomic E-state index is 0.0677. The predicted molar refractivity (Wildman–Crippen MR) is 161 cm³/mol. The summed E-state index contributed by atoms with van der Waals surface area (Å²) >= 11 is 3.46. The lowest BCUT2D eigenvalue weighted by molar-refractivity contribution is -0.121. The third-order valence-corrected chi connectivity index (χ3v) is 9.41. The Balaban J connectivity index is 1.41. The smallest absolute Gasteiger partial charge is 0.238 e. The number of nitrogens with zero attached hydrogens (tertiary/aromatic N) is 1. The molecule has 1 saturated heterocycles. The Morgan fingerprint density at radius 1 is 0.857 bits per heavy atom. The summed E-state index contributed by atoms with van der Waals surface area (Å²) in [5.74, 6) is -0.885. The van der Waals surface area contributed by atoms with Crippen molar-refractivity contribution in [1.29, 1.82) is 0 Å². The Morgan fingerprint density at radius 2 is 1.60 bits per heavy atom. The van der Waals surface area contributed by atoms with Gasteiger partial charge < -0.3 is 19.7 Å². The van der Waals surface area contributed by atoms with E-state index < -0.39 is 23.4 Å². The normalized spacial score (nSPS) is 24.3. The molecule has 1 spiro atoms. The molecule has 4 aromatic rings. The van der Waals surface area contributed by atoms with Crippen molar-refractivity contribution in [2.75, 3.05) is 17.0 Å². The average molecular weight is 619 g/mol. The first-order valence-electron chi connectivity index (χ1n) is 13.7. The molecule has 0 saturated carbocycles. The van der Waals surface area contributed by atoms with Crippen LogP contribution in [-0.4, -0.2) is 36.4 Å². The van der Waals surface area contributed by atoms with Gasteiger partial charge in [0.25, 0.3) is 0 Å². The molecular weight excluding hydrogens is 596 g/mol. The van der Waals surface area contributed by atoms with Gasteiger partial charge in [0.05, 0.1) is 12.0 Å². The largest absolute Gasteiger partial charge is 0.454 e. The van der Waals surface area contributed by atoms with E-state index in [2.05, 4.69) is 21.2 Å². The fraction of sp³-hybridized carbons (Fsp3) is 0.147. The van der Waals surface area contributed by atoms with E-state index in [4.69, 9.17) is 9.47 Å². The number of rotatable bonds is 4. The predicted octanol–water partition coefficient (Wildman–Crippen LogP) is 6.03. The highest BCUT2D eigenvalue weighted by Crippen LogP contribution is 2.58. The standard InChI is InChI=1S/C34H23BrN2O5/c35-22-13-9-20(10-14-22)32(39)30-29(31(38)21-11-15-26-27(17-21)42-18-41-26)34(23-6-2-3-7-24(23)36-33(34)40)28-16-12-19-5-1-4-8-25(19)37(28)30/h1-17,28-30H,18H2,(H,36,40)/t28-,29-,30+,34+/m1/s1. The van der Waals surface area contributed by atoms with Crippen LogP contribution in [0.4, 0.5) is 11.4 Å². The van der Waals surface area contributed by atoms with Crippen molar-refractivity contribution in [1.82, 2.24) is 0 Å². The maximum atomic E-state index is 14.9. The number of nitrogens with one attached hydrogen (secondary N) is 1. The molecule has 7 nitrogen and oxygen atoms in total. The molecule has 1 fully saturated rings. The number of amides is 1. The van der Waals surface area contributed by atoms with Crippen molar-refractivity contribution in [3.05, 3.63) is 124 Å². The van der Waals surface area contributed by atoms with Gasteiger partial charge in [0.15, 0.2) is 23.1 Å². The third-order valence-electron chi connectivity index (χ3n) is 8.88. The van der Waals surface area contributed by atoms with E-state index in [1.54, 1.807) is 30.3 Å². The number of fused-ring (bicyclic) bond motifs is 7. The maximum absolute atomic E-state index is 14.9. The number of carbonyl (C=O) groups is 3. The van der Waals surface area contributed by atoms with E-state index in [0.29, 0.717) is 33.9 Å². The summed E-state index contributed by atoms with van der Waals surface area (Å²) in [7, 11) is 0. The lowest BCUT2D eigenvalue weighted by Crippen LogP contribution is -2.51. The Hall–Kier alpha value is -4.69. The van der Waals surface area contributed by atoms with Crippen molar-refractivity contribution >= 4 is 50.9 Å². The molecule has 0 radical (unpaired) electrons. The quantitative estimate of drug-likeness (QED) is 0.281. The number of para-hydroxylation sites is 2. The molecule has 206 valence electrons. The van der Waals surface area contributed by atoms with E-state index >= 15 is 0 Å². The van der Waals surface area contributed by atoms with Gasteiger partial charge in [-0.15, -0.1) is 0 Å². The molecule has 1 N–H and O–H groups in total. The van der Waals surface area contributed by atoms with E-state index in [9.17, 15) is 14.4 Å². The molecule has 8 heteroatoms. The second-order valence-corrected chi connectivity index (χ2v) is 11.8. The van der Waals surface area contributed by atoms with Crippen LogP contribution in [0.1, 0.15) is 31.8 Å². The number of ether oxygens (including phenoxy) is 2. The summed E-state index contributed by atoms with van der Waals surface area (Å²) in [6, 6.07) is 25.9. The minimum atomic E-state index is -1.37. The Kier molecular flexibility index (Phi) is 5.46. The fourth-order valence-corrected chi connectivity index (χ4v) is 7.40. The molecule has 4 aromatic carbocycles. The molecule has 1 amide bonds. The SMILES string of the molecule is O=C(c1ccc(Br)cc1)[C@@H]1[C@H](C(=O)c2ccc3c(c2)OCO3)[C@@]2(C(=O)Nc3ccccc32)[C@H]2C=Cc3ccccc3N12. The van der Waals surface area contributed by atoms with E-state index in [-0.39, 0.29) is 24.3 Å². The minimum Gasteiger partial charge on any atom is -0.454 e. The third kappa shape index (κ3) is 3.35. The van der Waals surface area contributed by atoms with Crippen molar-refractivity contribution in [3.8, 4) is 11.5 Å².